The zero-order valence-electron chi connectivity index (χ0n) is 18.6. The van der Waals surface area contributed by atoms with Crippen LogP contribution in [0.5, 0.6) is 5.88 Å². The molecule has 1 fully saturated rings. The first kappa shape index (κ1) is 21.0. The van der Waals surface area contributed by atoms with Gasteiger partial charge in [-0.05, 0) is 43.5 Å². The van der Waals surface area contributed by atoms with Crippen molar-refractivity contribution < 1.29 is 9.53 Å². The molecule has 2 N–H and O–H groups in total. The topological polar surface area (TPSA) is 95.5 Å². The largest absolute Gasteiger partial charge is 0.480 e. The van der Waals surface area contributed by atoms with Gasteiger partial charge in [0.25, 0.3) is 0 Å². The monoisotopic (exact) mass is 445 g/mol. The number of amides is 2. The third-order valence-electron chi connectivity index (χ3n) is 5.92. The molecule has 0 saturated carbocycles. The second kappa shape index (κ2) is 9.32. The Balaban J connectivity index is 1.44. The number of pyridine rings is 1. The molecule has 2 aliphatic heterocycles. The average Bonchev–Trinajstić information content (AvgIpc) is 3.31. The first-order valence-electron chi connectivity index (χ1n) is 11.3. The van der Waals surface area contributed by atoms with Crippen LogP contribution in [0.15, 0.2) is 48.8 Å². The van der Waals surface area contributed by atoms with Gasteiger partial charge in [-0.3, -0.25) is 15.2 Å². The molecule has 9 nitrogen and oxygen atoms in total. The summed E-state index contributed by atoms with van der Waals surface area (Å²) in [6.07, 6.45) is 6.24. The number of carbonyl (C=O) groups is 1. The highest BCUT2D eigenvalue weighted by Gasteiger charge is 2.24. The van der Waals surface area contributed by atoms with Gasteiger partial charge in [0.15, 0.2) is 11.6 Å². The molecule has 1 saturated heterocycles. The van der Waals surface area contributed by atoms with E-state index < -0.39 is 0 Å². The summed E-state index contributed by atoms with van der Waals surface area (Å²) >= 11 is 0. The summed E-state index contributed by atoms with van der Waals surface area (Å²) in [6.45, 7) is 3.48. The van der Waals surface area contributed by atoms with E-state index >= 15 is 0 Å². The number of methoxy groups -OCH3 is 1. The Morgan fingerprint density at radius 3 is 2.79 bits per heavy atom. The van der Waals surface area contributed by atoms with Crippen LogP contribution >= 0.6 is 0 Å². The van der Waals surface area contributed by atoms with Crippen molar-refractivity contribution in [2.45, 2.75) is 19.3 Å². The quantitative estimate of drug-likeness (QED) is 0.627. The fourth-order valence-corrected chi connectivity index (χ4v) is 4.24. The van der Waals surface area contributed by atoms with Crippen LogP contribution in [0.3, 0.4) is 0 Å². The predicted molar refractivity (Wildman–Crippen MR) is 129 cm³/mol. The lowest BCUT2D eigenvalue weighted by Crippen LogP contribution is -2.36. The molecule has 0 atom stereocenters. The molecule has 2 aromatic heterocycles. The van der Waals surface area contributed by atoms with Crippen LogP contribution in [0.1, 0.15) is 19.3 Å². The number of hydrogen-bond acceptors (Lipinski definition) is 7. The van der Waals surface area contributed by atoms with Gasteiger partial charge in [0.1, 0.15) is 0 Å². The molecular formula is C24H27N7O2. The number of hydrogen-bond donors (Lipinski definition) is 2. The fraction of sp³-hybridized carbons (Fsp3) is 0.333. The van der Waals surface area contributed by atoms with E-state index in [9.17, 15) is 4.79 Å². The standard InChI is InChI=1S/C24H27N7O2/c1-33-22-16-25-15-21(28-22)29-24(32)31-13-5-10-26-20-9-8-19(27-23(20)31)17-6-4-7-18(14-17)30-11-2-3-12-30/h4,6-9,14-16,26H,2-3,5,10-13H2,1H3,(H,28,29,32). The summed E-state index contributed by atoms with van der Waals surface area (Å²) in [5, 5.41) is 6.21. The molecule has 2 aliphatic rings. The van der Waals surface area contributed by atoms with E-state index in [0.29, 0.717) is 24.1 Å². The van der Waals surface area contributed by atoms with Crippen LogP contribution in [-0.4, -0.2) is 54.3 Å². The molecule has 4 heterocycles. The lowest BCUT2D eigenvalue weighted by Gasteiger charge is -2.22. The van der Waals surface area contributed by atoms with Gasteiger partial charge in [-0.25, -0.2) is 9.78 Å². The smallest absolute Gasteiger partial charge is 0.328 e. The molecule has 5 rings (SSSR count). The first-order valence-corrected chi connectivity index (χ1v) is 11.3. The summed E-state index contributed by atoms with van der Waals surface area (Å²) in [7, 11) is 1.51. The van der Waals surface area contributed by atoms with Crippen LogP contribution in [0.25, 0.3) is 11.3 Å². The summed E-state index contributed by atoms with van der Waals surface area (Å²) in [4.78, 5) is 30.5. The molecule has 0 radical (unpaired) electrons. The molecule has 0 aliphatic carbocycles. The van der Waals surface area contributed by atoms with Crippen molar-refractivity contribution in [3.8, 4) is 17.1 Å². The SMILES string of the molecule is COc1cncc(NC(=O)N2CCCNc3ccc(-c4cccc(N5CCCC5)c4)nc32)n1. The van der Waals surface area contributed by atoms with E-state index in [1.807, 2.05) is 12.1 Å². The minimum Gasteiger partial charge on any atom is -0.480 e. The Kier molecular flexibility index (Phi) is 5.93. The number of nitrogens with one attached hydrogen (secondary N) is 2. The van der Waals surface area contributed by atoms with Crippen molar-refractivity contribution in [1.29, 1.82) is 0 Å². The summed E-state index contributed by atoms with van der Waals surface area (Å²) in [5.74, 6) is 1.27. The lowest BCUT2D eigenvalue weighted by molar-refractivity contribution is 0.256. The number of aromatic nitrogens is 3. The van der Waals surface area contributed by atoms with E-state index in [2.05, 4.69) is 49.8 Å². The highest BCUT2D eigenvalue weighted by atomic mass is 16.5. The Morgan fingerprint density at radius 2 is 1.94 bits per heavy atom. The molecule has 3 aromatic rings. The maximum Gasteiger partial charge on any atom is 0.328 e. The summed E-state index contributed by atoms with van der Waals surface area (Å²) < 4.78 is 5.11. The molecule has 0 spiro atoms. The Bertz CT molecular complexity index is 1150. The minimum absolute atomic E-state index is 0.307. The van der Waals surface area contributed by atoms with Crippen LogP contribution in [0.2, 0.25) is 0 Å². The highest BCUT2D eigenvalue weighted by Crippen LogP contribution is 2.32. The van der Waals surface area contributed by atoms with Gasteiger partial charge in [-0.1, -0.05) is 12.1 Å². The fourth-order valence-electron chi connectivity index (χ4n) is 4.24. The Morgan fingerprint density at radius 1 is 1.06 bits per heavy atom. The van der Waals surface area contributed by atoms with Gasteiger partial charge >= 0.3 is 6.03 Å². The van der Waals surface area contributed by atoms with Gasteiger partial charge in [-0.2, -0.15) is 4.98 Å². The van der Waals surface area contributed by atoms with Crippen molar-refractivity contribution in [3.05, 3.63) is 48.8 Å². The molecule has 9 heteroatoms. The van der Waals surface area contributed by atoms with Gasteiger partial charge in [-0.15, -0.1) is 0 Å². The molecule has 2 amide bonds. The van der Waals surface area contributed by atoms with Gasteiger partial charge in [0.2, 0.25) is 5.88 Å². The van der Waals surface area contributed by atoms with E-state index in [4.69, 9.17) is 9.72 Å². The first-order chi connectivity index (χ1) is 16.2. The summed E-state index contributed by atoms with van der Waals surface area (Å²) in [5.41, 5.74) is 3.91. The number of ether oxygens (including phenoxy) is 1. The normalized spacial score (nSPS) is 15.4. The second-order valence-electron chi connectivity index (χ2n) is 8.12. The number of nitrogens with zero attached hydrogens (tertiary/aromatic N) is 5. The molecule has 170 valence electrons. The Hall–Kier alpha value is -3.88. The number of urea groups is 1. The van der Waals surface area contributed by atoms with Crippen molar-refractivity contribution in [2.24, 2.45) is 0 Å². The van der Waals surface area contributed by atoms with Crippen LogP contribution in [0.4, 0.5) is 27.8 Å². The Labute approximate surface area is 192 Å². The molecule has 1 aromatic carbocycles. The third kappa shape index (κ3) is 4.52. The summed E-state index contributed by atoms with van der Waals surface area (Å²) in [6, 6.07) is 12.2. The lowest BCUT2D eigenvalue weighted by atomic mass is 10.1. The number of anilines is 4. The maximum absolute atomic E-state index is 13.2. The van der Waals surface area contributed by atoms with E-state index in [-0.39, 0.29) is 6.03 Å². The van der Waals surface area contributed by atoms with Gasteiger partial charge in [0, 0.05) is 37.4 Å². The number of fused-ring (bicyclic) bond motifs is 1. The second-order valence-corrected chi connectivity index (χ2v) is 8.12. The molecule has 33 heavy (non-hydrogen) atoms. The van der Waals surface area contributed by atoms with Crippen LogP contribution in [0, 0.1) is 0 Å². The molecular weight excluding hydrogens is 418 g/mol. The third-order valence-corrected chi connectivity index (χ3v) is 5.92. The molecule has 0 unspecified atom stereocenters. The number of rotatable bonds is 4. The van der Waals surface area contributed by atoms with Gasteiger partial charge < -0.3 is 15.0 Å². The zero-order valence-corrected chi connectivity index (χ0v) is 18.6. The average molecular weight is 446 g/mol. The van der Waals surface area contributed by atoms with Crippen molar-refractivity contribution >= 4 is 29.0 Å². The van der Waals surface area contributed by atoms with Crippen molar-refractivity contribution in [3.63, 3.8) is 0 Å². The van der Waals surface area contributed by atoms with E-state index in [1.165, 1.54) is 38.0 Å². The van der Waals surface area contributed by atoms with E-state index in [1.54, 1.807) is 4.90 Å². The molecule has 0 bridgehead atoms. The number of carbonyl (C=O) groups excluding carboxylic acids is 1. The van der Waals surface area contributed by atoms with Crippen molar-refractivity contribution in [2.75, 3.05) is 53.7 Å². The van der Waals surface area contributed by atoms with Crippen LogP contribution < -0.4 is 25.2 Å². The minimum atomic E-state index is -0.307. The highest BCUT2D eigenvalue weighted by molar-refractivity contribution is 6.02. The van der Waals surface area contributed by atoms with Gasteiger partial charge in [0.05, 0.1) is 30.9 Å². The van der Waals surface area contributed by atoms with Crippen LogP contribution in [-0.2, 0) is 0 Å². The zero-order chi connectivity index (χ0) is 22.6. The number of benzene rings is 1. The predicted octanol–water partition coefficient (Wildman–Crippen LogP) is 4.00. The maximum atomic E-state index is 13.2. The van der Waals surface area contributed by atoms with Crippen molar-refractivity contribution in [1.82, 2.24) is 15.0 Å². The van der Waals surface area contributed by atoms with E-state index in [0.717, 1.165) is 43.0 Å².